The lowest BCUT2D eigenvalue weighted by Gasteiger charge is -2.57. The van der Waals surface area contributed by atoms with Crippen LogP contribution in [-0.2, 0) is 6.54 Å². The molecule has 0 aliphatic carbocycles. The quantitative estimate of drug-likeness (QED) is 0.826. The minimum atomic E-state index is 0.688. The molecule has 3 rings (SSSR count). The average Bonchev–Trinajstić information content (AvgIpc) is 2.45. The third-order valence-electron chi connectivity index (χ3n) is 4.63. The van der Waals surface area contributed by atoms with Crippen molar-refractivity contribution < 1.29 is 4.74 Å². The maximum absolute atomic E-state index is 5.21. The van der Waals surface area contributed by atoms with Crippen molar-refractivity contribution in [3.63, 3.8) is 0 Å². The Balaban J connectivity index is 1.60. The van der Waals surface area contributed by atoms with Crippen LogP contribution in [0, 0.1) is 0 Å². The standard InChI is InChI=1S/C16H24N2O/c1-12(2)17-10-14-8-15(11-17)18(14)9-13-4-6-16(19-3)7-5-13/h4-7,12,14-15H,8-11H2,1-3H3. The van der Waals surface area contributed by atoms with E-state index in [1.54, 1.807) is 7.11 Å². The average molecular weight is 260 g/mol. The number of hydrogen-bond acceptors (Lipinski definition) is 3. The van der Waals surface area contributed by atoms with E-state index in [1.165, 1.54) is 25.1 Å². The van der Waals surface area contributed by atoms with E-state index >= 15 is 0 Å². The van der Waals surface area contributed by atoms with Crippen LogP contribution in [0.3, 0.4) is 0 Å². The molecule has 1 aromatic carbocycles. The predicted molar refractivity (Wildman–Crippen MR) is 77.4 cm³/mol. The maximum atomic E-state index is 5.21. The largest absolute Gasteiger partial charge is 0.497 e. The maximum Gasteiger partial charge on any atom is 0.118 e. The molecule has 3 nitrogen and oxygen atoms in total. The second-order valence-corrected chi connectivity index (χ2v) is 6.11. The van der Waals surface area contributed by atoms with Crippen molar-refractivity contribution in [1.29, 1.82) is 0 Å². The Morgan fingerprint density at radius 2 is 1.79 bits per heavy atom. The van der Waals surface area contributed by atoms with Gasteiger partial charge in [0.15, 0.2) is 0 Å². The fraction of sp³-hybridized carbons (Fsp3) is 0.625. The van der Waals surface area contributed by atoms with Gasteiger partial charge in [0.25, 0.3) is 0 Å². The summed E-state index contributed by atoms with van der Waals surface area (Å²) >= 11 is 0. The summed E-state index contributed by atoms with van der Waals surface area (Å²) in [6, 6.07) is 10.7. The van der Waals surface area contributed by atoms with Gasteiger partial charge in [-0.1, -0.05) is 12.1 Å². The Morgan fingerprint density at radius 1 is 1.16 bits per heavy atom. The summed E-state index contributed by atoms with van der Waals surface area (Å²) in [5.41, 5.74) is 1.40. The van der Waals surface area contributed by atoms with Gasteiger partial charge in [0.05, 0.1) is 7.11 Å². The normalized spacial score (nSPS) is 27.4. The van der Waals surface area contributed by atoms with Crippen LogP contribution < -0.4 is 4.74 Å². The number of benzene rings is 1. The lowest BCUT2D eigenvalue weighted by atomic mass is 9.86. The molecule has 2 aliphatic heterocycles. The second kappa shape index (κ2) is 5.14. The monoisotopic (exact) mass is 260 g/mol. The highest BCUT2D eigenvalue weighted by molar-refractivity contribution is 5.27. The van der Waals surface area contributed by atoms with E-state index in [0.717, 1.165) is 24.4 Å². The number of rotatable bonds is 4. The van der Waals surface area contributed by atoms with E-state index in [-0.39, 0.29) is 0 Å². The van der Waals surface area contributed by atoms with Gasteiger partial charge in [0.1, 0.15) is 5.75 Å². The van der Waals surface area contributed by atoms with Crippen molar-refractivity contribution in [3.8, 4) is 5.75 Å². The lowest BCUT2D eigenvalue weighted by Crippen LogP contribution is -2.68. The number of ether oxygens (including phenoxy) is 1. The zero-order valence-corrected chi connectivity index (χ0v) is 12.2. The first-order chi connectivity index (χ1) is 9.17. The van der Waals surface area contributed by atoms with Gasteiger partial charge in [0, 0.05) is 37.8 Å². The van der Waals surface area contributed by atoms with Crippen molar-refractivity contribution >= 4 is 0 Å². The summed E-state index contributed by atoms with van der Waals surface area (Å²) in [6.45, 7) is 8.18. The molecule has 0 spiro atoms. The highest BCUT2D eigenvalue weighted by Gasteiger charge is 2.44. The molecule has 0 N–H and O–H groups in total. The Morgan fingerprint density at radius 3 is 2.32 bits per heavy atom. The van der Waals surface area contributed by atoms with E-state index in [1.807, 2.05) is 0 Å². The molecular formula is C16H24N2O. The second-order valence-electron chi connectivity index (χ2n) is 6.11. The molecule has 2 bridgehead atoms. The van der Waals surface area contributed by atoms with Crippen LogP contribution in [0.25, 0.3) is 0 Å². The smallest absolute Gasteiger partial charge is 0.118 e. The minimum absolute atomic E-state index is 0.688. The lowest BCUT2D eigenvalue weighted by molar-refractivity contribution is -0.0835. The molecule has 2 saturated heterocycles. The van der Waals surface area contributed by atoms with E-state index in [2.05, 4.69) is 47.9 Å². The summed E-state index contributed by atoms with van der Waals surface area (Å²) in [5.74, 6) is 0.943. The first-order valence-corrected chi connectivity index (χ1v) is 7.30. The highest BCUT2D eigenvalue weighted by atomic mass is 16.5. The number of likely N-dealkylation sites (tertiary alicyclic amines) is 2. The molecule has 2 heterocycles. The van der Waals surface area contributed by atoms with Crippen molar-refractivity contribution in [2.45, 2.75) is 44.9 Å². The summed E-state index contributed by atoms with van der Waals surface area (Å²) in [4.78, 5) is 5.28. The van der Waals surface area contributed by atoms with Crippen LogP contribution in [0.4, 0.5) is 0 Å². The number of piperazine rings is 1. The molecule has 3 heteroatoms. The van der Waals surface area contributed by atoms with Crippen molar-refractivity contribution in [2.75, 3.05) is 20.2 Å². The summed E-state index contributed by atoms with van der Waals surface area (Å²) in [7, 11) is 1.72. The fourth-order valence-corrected chi connectivity index (χ4v) is 3.34. The molecule has 19 heavy (non-hydrogen) atoms. The molecule has 0 aromatic heterocycles. The Bertz CT molecular complexity index is 417. The molecule has 2 unspecified atom stereocenters. The van der Waals surface area contributed by atoms with Gasteiger partial charge >= 0.3 is 0 Å². The van der Waals surface area contributed by atoms with Gasteiger partial charge in [0.2, 0.25) is 0 Å². The van der Waals surface area contributed by atoms with E-state index in [0.29, 0.717) is 6.04 Å². The fourth-order valence-electron chi connectivity index (χ4n) is 3.34. The van der Waals surface area contributed by atoms with Gasteiger partial charge in [-0.3, -0.25) is 9.80 Å². The van der Waals surface area contributed by atoms with Crippen molar-refractivity contribution in [1.82, 2.24) is 9.80 Å². The first-order valence-electron chi connectivity index (χ1n) is 7.30. The summed E-state index contributed by atoms with van der Waals surface area (Å²) < 4.78 is 5.21. The van der Waals surface area contributed by atoms with Crippen LogP contribution in [-0.4, -0.2) is 48.1 Å². The molecule has 0 amide bonds. The number of piperidine rings is 1. The first kappa shape index (κ1) is 12.9. The van der Waals surface area contributed by atoms with Gasteiger partial charge < -0.3 is 4.74 Å². The minimum Gasteiger partial charge on any atom is -0.497 e. The SMILES string of the molecule is COc1ccc(CN2C3CC2CN(C(C)C)C3)cc1. The summed E-state index contributed by atoms with van der Waals surface area (Å²) in [5, 5.41) is 0. The van der Waals surface area contributed by atoms with Crippen LogP contribution in [0.5, 0.6) is 5.75 Å². The molecule has 2 fully saturated rings. The van der Waals surface area contributed by atoms with Crippen LogP contribution >= 0.6 is 0 Å². The van der Waals surface area contributed by atoms with Gasteiger partial charge in [-0.05, 0) is 38.0 Å². The molecule has 1 aromatic rings. The topological polar surface area (TPSA) is 15.7 Å². The number of methoxy groups -OCH3 is 1. The van der Waals surface area contributed by atoms with Crippen molar-refractivity contribution in [2.24, 2.45) is 0 Å². The number of fused-ring (bicyclic) bond motifs is 2. The number of nitrogens with zero attached hydrogens (tertiary/aromatic N) is 2. The van der Waals surface area contributed by atoms with E-state index < -0.39 is 0 Å². The molecular weight excluding hydrogens is 236 g/mol. The molecule has 2 atom stereocenters. The van der Waals surface area contributed by atoms with Gasteiger partial charge in [-0.15, -0.1) is 0 Å². The molecule has 0 saturated carbocycles. The molecule has 104 valence electrons. The highest BCUT2D eigenvalue weighted by Crippen LogP contribution is 2.34. The van der Waals surface area contributed by atoms with Gasteiger partial charge in [-0.2, -0.15) is 0 Å². The van der Waals surface area contributed by atoms with E-state index in [9.17, 15) is 0 Å². The van der Waals surface area contributed by atoms with Crippen LogP contribution in [0.1, 0.15) is 25.8 Å². The summed E-state index contributed by atoms with van der Waals surface area (Å²) in [6.07, 6.45) is 1.39. The van der Waals surface area contributed by atoms with Crippen LogP contribution in [0.15, 0.2) is 24.3 Å². The third kappa shape index (κ3) is 2.49. The Hall–Kier alpha value is -1.06. The van der Waals surface area contributed by atoms with Crippen molar-refractivity contribution in [3.05, 3.63) is 29.8 Å². The zero-order chi connectivity index (χ0) is 13.4. The molecule has 2 aliphatic rings. The third-order valence-corrected chi connectivity index (χ3v) is 4.63. The zero-order valence-electron chi connectivity index (χ0n) is 12.2. The van der Waals surface area contributed by atoms with Crippen LogP contribution in [0.2, 0.25) is 0 Å². The Labute approximate surface area is 116 Å². The van der Waals surface area contributed by atoms with Gasteiger partial charge in [-0.25, -0.2) is 0 Å². The molecule has 0 radical (unpaired) electrons. The van der Waals surface area contributed by atoms with E-state index in [4.69, 9.17) is 4.74 Å². The predicted octanol–water partition coefficient (Wildman–Crippen LogP) is 2.36. The Kier molecular flexibility index (Phi) is 3.50. The number of hydrogen-bond donors (Lipinski definition) is 0.